The number of nitrogens with two attached hydrogens (primary N) is 1. The van der Waals surface area contributed by atoms with Crippen LogP contribution in [0.4, 0.5) is 0 Å². The second kappa shape index (κ2) is 4.90. The Balaban J connectivity index is 2.52. The highest BCUT2D eigenvalue weighted by Gasteiger charge is 2.10. The normalized spacial score (nSPS) is 10.9. The van der Waals surface area contributed by atoms with Gasteiger partial charge in [-0.05, 0) is 31.0 Å². The summed E-state index contributed by atoms with van der Waals surface area (Å²) in [4.78, 5) is 0.398. The molecule has 0 unspecified atom stereocenters. The largest absolute Gasteiger partial charge is 0.389 e. The molecule has 0 saturated carbocycles. The van der Waals surface area contributed by atoms with Gasteiger partial charge in [-0.15, -0.1) is 0 Å². The summed E-state index contributed by atoms with van der Waals surface area (Å²) in [5.74, 6) is 0.407. The number of nitrogens with zero attached hydrogens (tertiary/aromatic N) is 2. The zero-order valence-corrected chi connectivity index (χ0v) is 11.7. The molecular weight excluding hydrogens is 242 g/mol. The number of thiocarbonyl (C=S) groups is 1. The third-order valence-corrected chi connectivity index (χ3v) is 3.09. The van der Waals surface area contributed by atoms with Crippen LogP contribution in [-0.4, -0.2) is 14.8 Å². The molecule has 2 N–H and O–H groups in total. The average molecular weight is 259 g/mol. The summed E-state index contributed by atoms with van der Waals surface area (Å²) in [6, 6.07) is 8.05. The molecule has 0 fully saturated rings. The SMILES string of the molecule is Cc1ccc(-n2ccc(C(C)C)n2)c(C(N)=S)c1. The summed E-state index contributed by atoms with van der Waals surface area (Å²) in [5.41, 5.74) is 9.77. The molecule has 4 heteroatoms. The van der Waals surface area contributed by atoms with Crippen LogP contribution in [0.15, 0.2) is 30.5 Å². The molecule has 0 aliphatic heterocycles. The van der Waals surface area contributed by atoms with Gasteiger partial charge in [0, 0.05) is 11.8 Å². The van der Waals surface area contributed by atoms with Gasteiger partial charge in [0.05, 0.1) is 11.4 Å². The van der Waals surface area contributed by atoms with E-state index in [1.54, 1.807) is 0 Å². The van der Waals surface area contributed by atoms with Crippen LogP contribution in [0.5, 0.6) is 0 Å². The molecule has 0 bridgehead atoms. The second-order valence-electron chi connectivity index (χ2n) is 4.72. The van der Waals surface area contributed by atoms with E-state index in [1.165, 1.54) is 0 Å². The lowest BCUT2D eigenvalue weighted by atomic mass is 10.1. The van der Waals surface area contributed by atoms with Gasteiger partial charge in [0.2, 0.25) is 0 Å². The zero-order chi connectivity index (χ0) is 13.3. The van der Waals surface area contributed by atoms with E-state index >= 15 is 0 Å². The van der Waals surface area contributed by atoms with Gasteiger partial charge in [0.15, 0.2) is 0 Å². The van der Waals surface area contributed by atoms with Crippen LogP contribution in [-0.2, 0) is 0 Å². The Morgan fingerprint density at radius 3 is 2.61 bits per heavy atom. The lowest BCUT2D eigenvalue weighted by molar-refractivity contribution is 0.768. The number of hydrogen-bond donors (Lipinski definition) is 1. The maximum Gasteiger partial charge on any atom is 0.106 e. The molecule has 2 rings (SSSR count). The molecule has 0 amide bonds. The number of benzene rings is 1. The highest BCUT2D eigenvalue weighted by molar-refractivity contribution is 7.80. The van der Waals surface area contributed by atoms with Gasteiger partial charge in [0.25, 0.3) is 0 Å². The lowest BCUT2D eigenvalue weighted by Gasteiger charge is -2.09. The Hall–Kier alpha value is -1.68. The van der Waals surface area contributed by atoms with E-state index in [2.05, 4.69) is 18.9 Å². The number of aryl methyl sites for hydroxylation is 1. The van der Waals surface area contributed by atoms with E-state index in [0.29, 0.717) is 10.9 Å². The van der Waals surface area contributed by atoms with Crippen molar-refractivity contribution in [3.8, 4) is 5.69 Å². The van der Waals surface area contributed by atoms with Gasteiger partial charge >= 0.3 is 0 Å². The van der Waals surface area contributed by atoms with Gasteiger partial charge in [-0.2, -0.15) is 5.10 Å². The fraction of sp³-hybridized carbons (Fsp3) is 0.286. The molecule has 18 heavy (non-hydrogen) atoms. The first-order valence-electron chi connectivity index (χ1n) is 5.95. The minimum Gasteiger partial charge on any atom is -0.389 e. The number of aromatic nitrogens is 2. The van der Waals surface area contributed by atoms with Crippen LogP contribution in [0.3, 0.4) is 0 Å². The van der Waals surface area contributed by atoms with Crippen molar-refractivity contribution >= 4 is 17.2 Å². The monoisotopic (exact) mass is 259 g/mol. The number of rotatable bonds is 3. The van der Waals surface area contributed by atoms with Crippen molar-refractivity contribution in [2.75, 3.05) is 0 Å². The van der Waals surface area contributed by atoms with Crippen LogP contribution < -0.4 is 5.73 Å². The minimum absolute atomic E-state index is 0.398. The lowest BCUT2D eigenvalue weighted by Crippen LogP contribution is -2.14. The summed E-state index contributed by atoms with van der Waals surface area (Å²) in [5, 5.41) is 4.55. The molecule has 94 valence electrons. The summed E-state index contributed by atoms with van der Waals surface area (Å²) in [6.07, 6.45) is 1.95. The van der Waals surface area contributed by atoms with Crippen molar-refractivity contribution in [3.63, 3.8) is 0 Å². The van der Waals surface area contributed by atoms with Gasteiger partial charge in [-0.25, -0.2) is 4.68 Å². The Labute approximate surface area is 113 Å². The molecule has 0 radical (unpaired) electrons. The summed E-state index contributed by atoms with van der Waals surface area (Å²) < 4.78 is 1.84. The number of hydrogen-bond acceptors (Lipinski definition) is 2. The molecule has 0 spiro atoms. The molecule has 0 aliphatic rings. The fourth-order valence-electron chi connectivity index (χ4n) is 1.83. The average Bonchev–Trinajstić information content (AvgIpc) is 2.78. The second-order valence-corrected chi connectivity index (χ2v) is 5.16. The van der Waals surface area contributed by atoms with Crippen molar-refractivity contribution < 1.29 is 0 Å². The standard InChI is InChI=1S/C14H17N3S/c1-9(2)12-6-7-17(16-12)13-5-4-10(3)8-11(13)14(15)18/h4-9H,1-3H3,(H2,15,18). The van der Waals surface area contributed by atoms with E-state index in [9.17, 15) is 0 Å². The van der Waals surface area contributed by atoms with E-state index in [4.69, 9.17) is 18.0 Å². The third kappa shape index (κ3) is 2.43. The van der Waals surface area contributed by atoms with Crippen molar-refractivity contribution in [2.45, 2.75) is 26.7 Å². The Morgan fingerprint density at radius 1 is 1.33 bits per heavy atom. The summed E-state index contributed by atoms with van der Waals surface area (Å²) in [6.45, 7) is 6.26. The molecule has 2 aromatic rings. The van der Waals surface area contributed by atoms with Crippen molar-refractivity contribution in [1.29, 1.82) is 0 Å². The first kappa shape index (κ1) is 12.8. The highest BCUT2D eigenvalue weighted by atomic mass is 32.1. The van der Waals surface area contributed by atoms with Gasteiger partial charge in [-0.3, -0.25) is 0 Å². The topological polar surface area (TPSA) is 43.8 Å². The predicted octanol–water partition coefficient (Wildman–Crippen LogP) is 2.94. The van der Waals surface area contributed by atoms with E-state index in [-0.39, 0.29) is 0 Å². The minimum atomic E-state index is 0.398. The molecular formula is C14H17N3S. The maximum absolute atomic E-state index is 5.78. The Kier molecular flexibility index (Phi) is 3.48. The molecule has 0 saturated heterocycles. The van der Waals surface area contributed by atoms with Crippen molar-refractivity contribution in [3.05, 3.63) is 47.3 Å². The first-order valence-corrected chi connectivity index (χ1v) is 6.36. The van der Waals surface area contributed by atoms with E-state index in [0.717, 1.165) is 22.5 Å². The summed E-state index contributed by atoms with van der Waals surface area (Å²) in [7, 11) is 0. The predicted molar refractivity (Wildman–Crippen MR) is 78.3 cm³/mol. The van der Waals surface area contributed by atoms with Crippen LogP contribution in [0, 0.1) is 6.92 Å². The maximum atomic E-state index is 5.78. The fourth-order valence-corrected chi connectivity index (χ4v) is 1.99. The molecule has 1 heterocycles. The van der Waals surface area contributed by atoms with Crippen LogP contribution in [0.25, 0.3) is 5.69 Å². The molecule has 0 aliphatic carbocycles. The summed E-state index contributed by atoms with van der Waals surface area (Å²) >= 11 is 5.10. The van der Waals surface area contributed by atoms with E-state index in [1.807, 2.05) is 42.1 Å². The molecule has 1 aromatic carbocycles. The molecule has 1 aromatic heterocycles. The Morgan fingerprint density at radius 2 is 2.06 bits per heavy atom. The highest BCUT2D eigenvalue weighted by Crippen LogP contribution is 2.18. The Bertz CT molecular complexity index is 584. The smallest absolute Gasteiger partial charge is 0.106 e. The van der Waals surface area contributed by atoms with Gasteiger partial charge in [-0.1, -0.05) is 37.7 Å². The van der Waals surface area contributed by atoms with Crippen LogP contribution >= 0.6 is 12.2 Å². The van der Waals surface area contributed by atoms with Crippen LogP contribution in [0.1, 0.15) is 36.6 Å². The third-order valence-electron chi connectivity index (χ3n) is 2.87. The van der Waals surface area contributed by atoms with Gasteiger partial charge < -0.3 is 5.73 Å². The first-order chi connectivity index (χ1) is 8.49. The molecule has 3 nitrogen and oxygen atoms in total. The van der Waals surface area contributed by atoms with Crippen LogP contribution in [0.2, 0.25) is 0 Å². The van der Waals surface area contributed by atoms with Gasteiger partial charge in [0.1, 0.15) is 4.99 Å². The van der Waals surface area contributed by atoms with E-state index < -0.39 is 0 Å². The van der Waals surface area contributed by atoms with Crippen molar-refractivity contribution in [1.82, 2.24) is 9.78 Å². The quantitative estimate of drug-likeness (QED) is 0.862. The molecule has 0 atom stereocenters. The zero-order valence-electron chi connectivity index (χ0n) is 10.8. The van der Waals surface area contributed by atoms with Crippen molar-refractivity contribution in [2.24, 2.45) is 5.73 Å².